The second kappa shape index (κ2) is 9.88. The van der Waals surface area contributed by atoms with E-state index < -0.39 is 5.97 Å². The maximum absolute atomic E-state index is 11.1. The number of rotatable bonds is 7. The number of carbonyl (C=O) groups is 1. The second-order valence-corrected chi connectivity index (χ2v) is 3.55. The Morgan fingerprint density at radius 2 is 2.18 bits per heavy atom. The maximum Gasteiger partial charge on any atom is 0.384 e. The van der Waals surface area contributed by atoms with Gasteiger partial charge >= 0.3 is 5.97 Å². The van der Waals surface area contributed by atoms with Crippen LogP contribution in [0.25, 0.3) is 0 Å². The van der Waals surface area contributed by atoms with E-state index in [4.69, 9.17) is 14.2 Å². The quantitative estimate of drug-likeness (QED) is 0.224. The molecule has 0 radical (unpaired) electrons. The summed E-state index contributed by atoms with van der Waals surface area (Å²) in [6, 6.07) is 0. The average molecular weight is 240 g/mol. The van der Waals surface area contributed by atoms with Crippen molar-refractivity contribution in [1.29, 1.82) is 0 Å². The first-order valence-corrected chi connectivity index (χ1v) is 5.53. The van der Waals surface area contributed by atoms with Crippen molar-refractivity contribution >= 4 is 5.97 Å². The standard InChI is InChI=1S/C13H20O4/c1-5-16-13(14)9-8-12(17-10-15-4)7-6-11(2)3/h12H,2,5-7,10H2,1,3-4H3. The van der Waals surface area contributed by atoms with Crippen molar-refractivity contribution in [3.63, 3.8) is 0 Å². The number of esters is 1. The molecule has 0 fully saturated rings. The van der Waals surface area contributed by atoms with Crippen molar-refractivity contribution in [3.8, 4) is 11.8 Å². The molecule has 0 saturated carbocycles. The Kier molecular flexibility index (Phi) is 9.12. The molecule has 0 aliphatic carbocycles. The molecule has 0 aromatic heterocycles. The highest BCUT2D eigenvalue weighted by molar-refractivity contribution is 5.88. The van der Waals surface area contributed by atoms with Crippen LogP contribution >= 0.6 is 0 Å². The normalized spacial score (nSPS) is 11.2. The van der Waals surface area contributed by atoms with Crippen LogP contribution in [0.5, 0.6) is 0 Å². The van der Waals surface area contributed by atoms with E-state index in [-0.39, 0.29) is 12.9 Å². The molecule has 17 heavy (non-hydrogen) atoms. The summed E-state index contributed by atoms with van der Waals surface area (Å²) in [4.78, 5) is 11.1. The largest absolute Gasteiger partial charge is 0.456 e. The lowest BCUT2D eigenvalue weighted by atomic mass is 10.1. The van der Waals surface area contributed by atoms with Crippen molar-refractivity contribution in [2.75, 3.05) is 20.5 Å². The molecule has 0 aliphatic rings. The fourth-order valence-electron chi connectivity index (χ4n) is 1.03. The molecule has 96 valence electrons. The fourth-order valence-corrected chi connectivity index (χ4v) is 1.03. The molecule has 0 N–H and O–H groups in total. The van der Waals surface area contributed by atoms with Crippen LogP contribution in [0.2, 0.25) is 0 Å². The third kappa shape index (κ3) is 9.61. The lowest BCUT2D eigenvalue weighted by Gasteiger charge is -2.11. The molecule has 0 saturated heterocycles. The molecule has 4 heteroatoms. The van der Waals surface area contributed by atoms with Gasteiger partial charge in [-0.1, -0.05) is 11.5 Å². The summed E-state index contributed by atoms with van der Waals surface area (Å²) in [5, 5.41) is 0. The van der Waals surface area contributed by atoms with Gasteiger partial charge in [-0.3, -0.25) is 0 Å². The predicted octanol–water partition coefficient (Wildman–Crippen LogP) is 1.90. The van der Waals surface area contributed by atoms with Gasteiger partial charge in [0.2, 0.25) is 0 Å². The molecule has 1 unspecified atom stereocenters. The highest BCUT2D eigenvalue weighted by atomic mass is 16.7. The molecule has 0 amide bonds. The Hall–Kier alpha value is -1.31. The maximum atomic E-state index is 11.1. The Morgan fingerprint density at radius 1 is 1.47 bits per heavy atom. The lowest BCUT2D eigenvalue weighted by Crippen LogP contribution is -2.13. The fraction of sp³-hybridized carbons (Fsp3) is 0.615. The van der Waals surface area contributed by atoms with Crippen molar-refractivity contribution in [2.24, 2.45) is 0 Å². The summed E-state index contributed by atoms with van der Waals surface area (Å²) in [6.45, 7) is 7.95. The third-order valence-corrected chi connectivity index (χ3v) is 1.83. The summed E-state index contributed by atoms with van der Waals surface area (Å²) in [7, 11) is 1.54. The molecule has 0 bridgehead atoms. The molecule has 0 aliphatic heterocycles. The molecule has 0 rings (SSSR count). The summed E-state index contributed by atoms with van der Waals surface area (Å²) in [5.74, 6) is 4.59. The molecule has 0 aromatic carbocycles. The molecular formula is C13H20O4. The number of hydrogen-bond acceptors (Lipinski definition) is 4. The lowest BCUT2D eigenvalue weighted by molar-refractivity contribution is -0.136. The number of hydrogen-bond donors (Lipinski definition) is 0. The Morgan fingerprint density at radius 3 is 2.71 bits per heavy atom. The van der Waals surface area contributed by atoms with Crippen molar-refractivity contribution < 1.29 is 19.0 Å². The second-order valence-electron chi connectivity index (χ2n) is 3.55. The van der Waals surface area contributed by atoms with Crippen molar-refractivity contribution in [1.82, 2.24) is 0 Å². The Balaban J connectivity index is 4.25. The van der Waals surface area contributed by atoms with Gasteiger partial charge in [0.05, 0.1) is 6.61 Å². The predicted molar refractivity (Wildman–Crippen MR) is 65.2 cm³/mol. The van der Waals surface area contributed by atoms with E-state index in [1.165, 1.54) is 7.11 Å². The monoisotopic (exact) mass is 240 g/mol. The van der Waals surface area contributed by atoms with Crippen LogP contribution in [-0.2, 0) is 19.0 Å². The van der Waals surface area contributed by atoms with E-state index in [9.17, 15) is 4.79 Å². The van der Waals surface area contributed by atoms with Gasteiger partial charge in [0.25, 0.3) is 0 Å². The highest BCUT2D eigenvalue weighted by Crippen LogP contribution is 2.07. The van der Waals surface area contributed by atoms with Crippen LogP contribution in [0.1, 0.15) is 26.7 Å². The smallest absolute Gasteiger partial charge is 0.384 e. The molecule has 1 atom stereocenters. The minimum Gasteiger partial charge on any atom is -0.456 e. The van der Waals surface area contributed by atoms with Gasteiger partial charge in [0, 0.05) is 13.0 Å². The molecular weight excluding hydrogens is 220 g/mol. The van der Waals surface area contributed by atoms with E-state index in [2.05, 4.69) is 18.4 Å². The van der Waals surface area contributed by atoms with Crippen LogP contribution in [0.4, 0.5) is 0 Å². The number of allylic oxidation sites excluding steroid dienone is 1. The van der Waals surface area contributed by atoms with Gasteiger partial charge in [0.1, 0.15) is 12.9 Å². The van der Waals surface area contributed by atoms with Crippen LogP contribution in [0, 0.1) is 11.8 Å². The molecule has 0 heterocycles. The first-order valence-electron chi connectivity index (χ1n) is 5.53. The first-order chi connectivity index (χ1) is 8.10. The van der Waals surface area contributed by atoms with Crippen molar-refractivity contribution in [3.05, 3.63) is 12.2 Å². The summed E-state index contributed by atoms with van der Waals surface area (Å²) in [5.41, 5.74) is 1.05. The van der Waals surface area contributed by atoms with E-state index in [0.717, 1.165) is 12.0 Å². The topological polar surface area (TPSA) is 44.8 Å². The van der Waals surface area contributed by atoms with Crippen LogP contribution in [0.3, 0.4) is 0 Å². The first kappa shape index (κ1) is 15.7. The molecule has 0 aromatic rings. The zero-order valence-electron chi connectivity index (χ0n) is 10.7. The SMILES string of the molecule is C=C(C)CCC(C#CC(=O)OCC)OCOC. The molecule has 0 spiro atoms. The summed E-state index contributed by atoms with van der Waals surface area (Å²) < 4.78 is 14.8. The highest BCUT2D eigenvalue weighted by Gasteiger charge is 2.06. The van der Waals surface area contributed by atoms with Crippen LogP contribution in [0.15, 0.2) is 12.2 Å². The van der Waals surface area contributed by atoms with Crippen molar-refractivity contribution in [2.45, 2.75) is 32.8 Å². The van der Waals surface area contributed by atoms with Gasteiger partial charge in [-0.2, -0.15) is 0 Å². The van der Waals surface area contributed by atoms with Crippen LogP contribution < -0.4 is 0 Å². The Labute approximate surface area is 103 Å². The summed E-state index contributed by atoms with van der Waals surface area (Å²) in [6.07, 6.45) is 1.15. The van der Waals surface area contributed by atoms with E-state index in [1.54, 1.807) is 6.92 Å². The van der Waals surface area contributed by atoms with E-state index in [1.807, 2.05) is 6.92 Å². The number of methoxy groups -OCH3 is 1. The number of ether oxygens (including phenoxy) is 3. The van der Waals surface area contributed by atoms with Crippen LogP contribution in [-0.4, -0.2) is 32.6 Å². The van der Waals surface area contributed by atoms with Gasteiger partial charge in [-0.05, 0) is 26.7 Å². The Bertz CT molecular complexity index is 298. The minimum atomic E-state index is -0.533. The zero-order valence-corrected chi connectivity index (χ0v) is 10.7. The van der Waals surface area contributed by atoms with E-state index in [0.29, 0.717) is 13.0 Å². The zero-order chi connectivity index (χ0) is 13.1. The minimum absolute atomic E-state index is 0.151. The van der Waals surface area contributed by atoms with E-state index >= 15 is 0 Å². The van der Waals surface area contributed by atoms with Gasteiger partial charge in [-0.15, -0.1) is 6.58 Å². The molecule has 4 nitrogen and oxygen atoms in total. The van der Waals surface area contributed by atoms with Gasteiger partial charge < -0.3 is 14.2 Å². The third-order valence-electron chi connectivity index (χ3n) is 1.83. The average Bonchev–Trinajstić information content (AvgIpc) is 2.28. The number of carbonyl (C=O) groups excluding carboxylic acids is 1. The summed E-state index contributed by atoms with van der Waals surface area (Å²) >= 11 is 0. The van der Waals surface area contributed by atoms with Gasteiger partial charge in [0.15, 0.2) is 0 Å². The van der Waals surface area contributed by atoms with Gasteiger partial charge in [-0.25, -0.2) is 4.79 Å².